The van der Waals surface area contributed by atoms with Gasteiger partial charge in [0.05, 0.1) is 41.0 Å². The minimum atomic E-state index is -5.00. The Balaban J connectivity index is 2.00. The second-order valence-corrected chi connectivity index (χ2v) is 10.2. The van der Waals surface area contributed by atoms with Gasteiger partial charge in [0.2, 0.25) is 0 Å². The zero-order valence-corrected chi connectivity index (χ0v) is 23.8. The fourth-order valence-electron chi connectivity index (χ4n) is 4.17. The van der Waals surface area contributed by atoms with Crippen LogP contribution in [0.25, 0.3) is 6.08 Å². The second-order valence-electron chi connectivity index (χ2n) is 8.31. The van der Waals surface area contributed by atoms with E-state index in [0.717, 1.165) is 15.9 Å². The van der Waals surface area contributed by atoms with E-state index < -0.39 is 35.0 Å². The van der Waals surface area contributed by atoms with Crippen molar-refractivity contribution in [1.82, 2.24) is 4.57 Å². The van der Waals surface area contributed by atoms with Crippen LogP contribution in [0.5, 0.6) is 11.5 Å². The van der Waals surface area contributed by atoms with E-state index in [2.05, 4.69) is 4.99 Å². The van der Waals surface area contributed by atoms with Crippen LogP contribution in [-0.4, -0.2) is 36.5 Å². The van der Waals surface area contributed by atoms with Crippen LogP contribution in [0.3, 0.4) is 0 Å². The monoisotopic (exact) mass is 614 g/mol. The SMILES string of the molecule is CCOC(=O)C1=C(C(F)(F)F)N=c2s/c(=C\c3cc(Cl)c(OCC)c(OCC)c3)c(=O)n2[C@@H]1c1ccc(Cl)cc1. The number of nitrogens with zero attached hydrogens (tertiary/aromatic N) is 2. The highest BCUT2D eigenvalue weighted by Crippen LogP contribution is 2.39. The van der Waals surface area contributed by atoms with E-state index in [1.54, 1.807) is 26.0 Å². The lowest BCUT2D eigenvalue weighted by atomic mass is 9.95. The third-order valence-electron chi connectivity index (χ3n) is 5.70. The van der Waals surface area contributed by atoms with Gasteiger partial charge in [-0.05, 0) is 62.2 Å². The average Bonchev–Trinajstić information content (AvgIpc) is 3.20. The Morgan fingerprint density at radius 3 is 2.35 bits per heavy atom. The van der Waals surface area contributed by atoms with Crippen molar-refractivity contribution in [3.05, 3.63) is 88.5 Å². The molecule has 4 rings (SSSR count). The van der Waals surface area contributed by atoms with Gasteiger partial charge in [-0.2, -0.15) is 13.2 Å². The van der Waals surface area contributed by atoms with E-state index in [1.165, 1.54) is 37.3 Å². The predicted molar refractivity (Wildman–Crippen MR) is 146 cm³/mol. The molecule has 1 aliphatic heterocycles. The van der Waals surface area contributed by atoms with E-state index in [9.17, 15) is 22.8 Å². The van der Waals surface area contributed by atoms with Gasteiger partial charge in [-0.15, -0.1) is 0 Å². The number of fused-ring (bicyclic) bond motifs is 1. The van der Waals surface area contributed by atoms with E-state index >= 15 is 0 Å². The van der Waals surface area contributed by atoms with Crippen molar-refractivity contribution in [2.45, 2.75) is 33.0 Å². The highest BCUT2D eigenvalue weighted by atomic mass is 35.5. The Labute approximate surface area is 240 Å². The van der Waals surface area contributed by atoms with Crippen molar-refractivity contribution in [2.24, 2.45) is 4.99 Å². The number of ether oxygens (including phenoxy) is 3. The first-order chi connectivity index (χ1) is 19.0. The van der Waals surface area contributed by atoms with E-state index in [1.807, 2.05) is 0 Å². The lowest BCUT2D eigenvalue weighted by Crippen LogP contribution is -2.41. The summed E-state index contributed by atoms with van der Waals surface area (Å²) in [5, 5.41) is 0.557. The Morgan fingerprint density at radius 2 is 1.75 bits per heavy atom. The van der Waals surface area contributed by atoms with E-state index in [-0.39, 0.29) is 26.5 Å². The first-order valence-electron chi connectivity index (χ1n) is 12.1. The number of carbonyl (C=O) groups is 1. The molecule has 0 saturated carbocycles. The molecule has 0 aliphatic carbocycles. The highest BCUT2D eigenvalue weighted by molar-refractivity contribution is 7.07. The fourth-order valence-corrected chi connectivity index (χ4v) is 5.57. The molecule has 0 spiro atoms. The quantitative estimate of drug-likeness (QED) is 0.316. The number of aromatic nitrogens is 1. The molecule has 0 saturated heterocycles. The normalized spacial score (nSPS) is 15.5. The molecule has 0 unspecified atom stereocenters. The summed E-state index contributed by atoms with van der Waals surface area (Å²) in [6.45, 7) is 5.53. The Hall–Kier alpha value is -3.28. The molecule has 0 bridgehead atoms. The third-order valence-corrected chi connectivity index (χ3v) is 7.21. The Bertz CT molecular complexity index is 1650. The van der Waals surface area contributed by atoms with Gasteiger partial charge in [-0.25, -0.2) is 9.79 Å². The van der Waals surface area contributed by atoms with Gasteiger partial charge in [-0.3, -0.25) is 9.36 Å². The lowest BCUT2D eigenvalue weighted by Gasteiger charge is -2.26. The van der Waals surface area contributed by atoms with Crippen LogP contribution < -0.4 is 24.4 Å². The van der Waals surface area contributed by atoms with Crippen LogP contribution in [0.1, 0.15) is 37.9 Å². The van der Waals surface area contributed by atoms with E-state index in [4.69, 9.17) is 37.4 Å². The summed E-state index contributed by atoms with van der Waals surface area (Å²) < 4.78 is 60.0. The molecule has 0 N–H and O–H groups in total. The largest absolute Gasteiger partial charge is 0.490 e. The van der Waals surface area contributed by atoms with Crippen LogP contribution in [0.2, 0.25) is 10.0 Å². The van der Waals surface area contributed by atoms with Gasteiger partial charge in [0.15, 0.2) is 22.0 Å². The number of carbonyl (C=O) groups excluding carboxylic acids is 1. The van der Waals surface area contributed by atoms with Crippen molar-refractivity contribution in [2.75, 3.05) is 19.8 Å². The molecule has 13 heteroatoms. The topological polar surface area (TPSA) is 79.1 Å². The number of esters is 1. The third kappa shape index (κ3) is 5.91. The fraction of sp³-hybridized carbons (Fsp3) is 0.296. The number of rotatable bonds is 8. The summed E-state index contributed by atoms with van der Waals surface area (Å²) in [5.74, 6) is -0.549. The molecule has 3 aromatic rings. The molecular formula is C27H23Cl2F3N2O5S. The summed E-state index contributed by atoms with van der Waals surface area (Å²) in [6, 6.07) is 7.51. The maximum Gasteiger partial charge on any atom is 0.434 e. The first-order valence-corrected chi connectivity index (χ1v) is 13.7. The summed E-state index contributed by atoms with van der Waals surface area (Å²) in [4.78, 5) is 30.1. The first kappa shape index (κ1) is 29.7. The van der Waals surface area contributed by atoms with Gasteiger partial charge < -0.3 is 14.2 Å². The molecule has 2 aromatic carbocycles. The molecule has 2 heterocycles. The predicted octanol–water partition coefficient (Wildman–Crippen LogP) is 5.44. The number of hydrogen-bond donors (Lipinski definition) is 0. The number of thiazole rings is 1. The number of hydrogen-bond acceptors (Lipinski definition) is 7. The Morgan fingerprint density at radius 1 is 1.07 bits per heavy atom. The minimum absolute atomic E-state index is 0.0621. The number of alkyl halides is 3. The van der Waals surface area contributed by atoms with E-state index in [0.29, 0.717) is 35.3 Å². The highest BCUT2D eigenvalue weighted by Gasteiger charge is 2.45. The Kier molecular flexibility index (Phi) is 8.96. The second kappa shape index (κ2) is 12.1. The standard InChI is InChI=1S/C27H23Cl2F3N2O5S/c1-4-37-18-12-14(11-17(29)22(18)38-5-2)13-19-24(35)34-21(15-7-9-16(28)10-8-15)20(25(36)39-6-3)23(27(30,31)32)33-26(34)40-19/h7-13,21H,4-6H2,1-3H3/b19-13-/t21-/m1/s1. The van der Waals surface area contributed by atoms with Crippen LogP contribution >= 0.6 is 34.5 Å². The van der Waals surface area contributed by atoms with Crippen LogP contribution in [0.15, 0.2) is 57.5 Å². The molecule has 0 radical (unpaired) electrons. The summed E-state index contributed by atoms with van der Waals surface area (Å²) in [6.07, 6.45) is -3.54. The maximum absolute atomic E-state index is 14.2. The summed E-state index contributed by atoms with van der Waals surface area (Å²) in [5.41, 5.74) is -2.21. The van der Waals surface area contributed by atoms with Crippen LogP contribution in [-0.2, 0) is 9.53 Å². The van der Waals surface area contributed by atoms with Crippen molar-refractivity contribution in [3.8, 4) is 11.5 Å². The van der Waals surface area contributed by atoms with Crippen molar-refractivity contribution < 1.29 is 32.2 Å². The molecule has 40 heavy (non-hydrogen) atoms. The zero-order chi connectivity index (χ0) is 29.2. The molecule has 0 fully saturated rings. The molecular weight excluding hydrogens is 592 g/mol. The summed E-state index contributed by atoms with van der Waals surface area (Å²) >= 11 is 13.2. The molecule has 1 aliphatic rings. The minimum Gasteiger partial charge on any atom is -0.490 e. The van der Waals surface area contributed by atoms with Crippen molar-refractivity contribution >= 4 is 46.6 Å². The zero-order valence-electron chi connectivity index (χ0n) is 21.5. The number of allylic oxidation sites excluding steroid dienone is 1. The lowest BCUT2D eigenvalue weighted by molar-refractivity contribution is -0.140. The van der Waals surface area contributed by atoms with Crippen LogP contribution in [0.4, 0.5) is 13.2 Å². The number of benzene rings is 2. The molecule has 212 valence electrons. The van der Waals surface area contributed by atoms with Gasteiger partial charge in [0.1, 0.15) is 0 Å². The van der Waals surface area contributed by atoms with Gasteiger partial charge in [0.25, 0.3) is 5.56 Å². The van der Waals surface area contributed by atoms with Gasteiger partial charge in [-0.1, -0.05) is 46.7 Å². The average molecular weight is 615 g/mol. The molecule has 7 nitrogen and oxygen atoms in total. The van der Waals surface area contributed by atoms with Crippen molar-refractivity contribution in [1.29, 1.82) is 0 Å². The van der Waals surface area contributed by atoms with Crippen molar-refractivity contribution in [3.63, 3.8) is 0 Å². The van der Waals surface area contributed by atoms with Crippen LogP contribution in [0, 0.1) is 0 Å². The number of halogens is 5. The molecule has 1 atom stereocenters. The van der Waals surface area contributed by atoms with Gasteiger partial charge in [0, 0.05) is 5.02 Å². The molecule has 1 aromatic heterocycles. The smallest absolute Gasteiger partial charge is 0.434 e. The van der Waals surface area contributed by atoms with Gasteiger partial charge >= 0.3 is 12.1 Å². The summed E-state index contributed by atoms with van der Waals surface area (Å²) in [7, 11) is 0. The molecule has 0 amide bonds. The maximum atomic E-state index is 14.2.